The van der Waals surface area contributed by atoms with Crippen molar-refractivity contribution < 1.29 is 9.85 Å². The van der Waals surface area contributed by atoms with Crippen LogP contribution in [-0.2, 0) is 13.1 Å². The van der Waals surface area contributed by atoms with Gasteiger partial charge in [-0.2, -0.15) is 0 Å². The van der Waals surface area contributed by atoms with E-state index in [0.717, 1.165) is 25.7 Å². The Bertz CT molecular complexity index is 1070. The first-order valence-electron chi connectivity index (χ1n) is 19.3. The molecule has 0 N–H and O–H groups in total. The zero-order valence-corrected chi connectivity index (χ0v) is 29.9. The lowest BCUT2D eigenvalue weighted by molar-refractivity contribution is -0.396. The van der Waals surface area contributed by atoms with Crippen LogP contribution in [0.2, 0.25) is 0 Å². The zero-order valence-electron chi connectivity index (χ0n) is 29.9. The fraction of sp³-hybridized carbons (Fsp3) is 0.838. The van der Waals surface area contributed by atoms with Gasteiger partial charge in [0.1, 0.15) is 24.8 Å². The first-order chi connectivity index (χ1) is 23.0. The van der Waals surface area contributed by atoms with Gasteiger partial charge in [-0.05, 0) is 47.4 Å². The Hall–Kier alpha value is -2.78. The van der Waals surface area contributed by atoms with Crippen molar-refractivity contribution in [2.75, 3.05) is 0 Å². The van der Waals surface area contributed by atoms with E-state index in [-0.39, 0.29) is 11.9 Å². The first kappa shape index (κ1) is 40.4. The van der Waals surface area contributed by atoms with Gasteiger partial charge in [0.2, 0.25) is 0 Å². The predicted molar refractivity (Wildman–Crippen MR) is 192 cm³/mol. The number of aryl methyl sites for hydroxylation is 2. The molecular formula is C37H66N6O4. The van der Waals surface area contributed by atoms with Gasteiger partial charge in [-0.1, -0.05) is 159 Å². The summed E-state index contributed by atoms with van der Waals surface area (Å²) in [5.74, 6) is 0.948. The van der Waals surface area contributed by atoms with Crippen LogP contribution < -0.4 is 0 Å². The lowest BCUT2D eigenvalue weighted by atomic mass is 9.78. The number of nitrogens with zero attached hydrogens (tertiary/aromatic N) is 6. The minimum absolute atomic E-state index is 0.0800. The van der Waals surface area contributed by atoms with Crippen molar-refractivity contribution in [2.45, 2.75) is 187 Å². The summed E-state index contributed by atoms with van der Waals surface area (Å²) in [5.41, 5.74) is 0. The summed E-state index contributed by atoms with van der Waals surface area (Å²) < 4.78 is 3.34. The van der Waals surface area contributed by atoms with Crippen molar-refractivity contribution in [2.24, 2.45) is 11.8 Å². The van der Waals surface area contributed by atoms with Crippen molar-refractivity contribution in [1.82, 2.24) is 19.1 Å². The molecule has 0 amide bonds. The third kappa shape index (κ3) is 17.8. The highest BCUT2D eigenvalue weighted by molar-refractivity contribution is 5.07. The molecule has 0 aliphatic heterocycles. The van der Waals surface area contributed by atoms with Gasteiger partial charge in [0.05, 0.1) is 13.1 Å². The molecule has 2 rings (SSSR count). The van der Waals surface area contributed by atoms with E-state index >= 15 is 0 Å². The van der Waals surface area contributed by atoms with Crippen molar-refractivity contribution in [3.63, 3.8) is 0 Å². The van der Waals surface area contributed by atoms with Crippen LogP contribution in [0.25, 0.3) is 0 Å². The maximum Gasteiger partial charge on any atom is 0.434 e. The topological polar surface area (TPSA) is 122 Å². The Morgan fingerprint density at radius 3 is 1.13 bits per heavy atom. The van der Waals surface area contributed by atoms with Gasteiger partial charge >= 0.3 is 11.9 Å². The Kier molecular flexibility index (Phi) is 22.5. The van der Waals surface area contributed by atoms with Gasteiger partial charge in [0.15, 0.2) is 0 Å². The molecule has 0 aliphatic rings. The van der Waals surface area contributed by atoms with E-state index in [1.165, 1.54) is 147 Å². The van der Waals surface area contributed by atoms with Crippen molar-refractivity contribution in [3.05, 3.63) is 45.0 Å². The highest BCUT2D eigenvalue weighted by atomic mass is 16.6. The van der Waals surface area contributed by atoms with Gasteiger partial charge in [-0.3, -0.25) is 0 Å². The van der Waals surface area contributed by atoms with E-state index < -0.39 is 9.85 Å². The maximum atomic E-state index is 11.4. The average Bonchev–Trinajstić information content (AvgIpc) is 3.73. The maximum absolute atomic E-state index is 11.4. The summed E-state index contributed by atoms with van der Waals surface area (Å²) in [4.78, 5) is 29.9. The van der Waals surface area contributed by atoms with Crippen LogP contribution in [0.1, 0.15) is 174 Å². The van der Waals surface area contributed by atoms with E-state index in [1.54, 1.807) is 21.5 Å². The predicted octanol–water partition coefficient (Wildman–Crippen LogP) is 11.6. The van der Waals surface area contributed by atoms with Crippen molar-refractivity contribution in [1.29, 1.82) is 0 Å². The zero-order chi connectivity index (χ0) is 34.0. The number of hydrogen-bond donors (Lipinski definition) is 0. The van der Waals surface area contributed by atoms with Gasteiger partial charge in [-0.25, -0.2) is 9.13 Å². The van der Waals surface area contributed by atoms with E-state index in [9.17, 15) is 20.2 Å². The molecule has 10 heteroatoms. The second-order valence-corrected chi connectivity index (χ2v) is 13.7. The Labute approximate surface area is 284 Å². The molecule has 0 aliphatic carbocycles. The van der Waals surface area contributed by atoms with E-state index in [0.29, 0.717) is 24.9 Å². The van der Waals surface area contributed by atoms with Crippen LogP contribution in [0.15, 0.2) is 24.8 Å². The van der Waals surface area contributed by atoms with Crippen LogP contribution >= 0.6 is 0 Å². The quantitative estimate of drug-likeness (QED) is 0.0438. The monoisotopic (exact) mass is 659 g/mol. The molecule has 0 fully saturated rings. The van der Waals surface area contributed by atoms with Crippen LogP contribution in [0.4, 0.5) is 11.9 Å². The standard InChI is InChI=1S/C37H66N6O4/c1-3-5-7-9-11-12-13-14-15-16-17-19-21-25-35(27-23-31-41-33-29-39-37(41)43(46)47)34(24-20-18-10-8-6-4-2)26-22-30-40-32-28-38-36(40)42(44)45/h28-29,32-35H,3-27,30-31H2,1-2H3. The van der Waals surface area contributed by atoms with Crippen molar-refractivity contribution in [3.8, 4) is 0 Å². The second-order valence-electron chi connectivity index (χ2n) is 13.7. The van der Waals surface area contributed by atoms with E-state index in [1.807, 2.05) is 0 Å². The molecule has 0 saturated heterocycles. The molecule has 0 spiro atoms. The van der Waals surface area contributed by atoms with Gasteiger partial charge in [0.25, 0.3) is 0 Å². The van der Waals surface area contributed by atoms with Gasteiger partial charge in [0, 0.05) is 0 Å². The molecular weight excluding hydrogens is 592 g/mol. The summed E-state index contributed by atoms with van der Waals surface area (Å²) in [6.07, 6.45) is 37.8. The van der Waals surface area contributed by atoms with Crippen molar-refractivity contribution >= 4 is 11.9 Å². The third-order valence-electron chi connectivity index (χ3n) is 9.94. The molecule has 0 radical (unpaired) electrons. The fourth-order valence-electron chi connectivity index (χ4n) is 7.19. The molecule has 268 valence electrons. The normalized spacial score (nSPS) is 12.8. The van der Waals surface area contributed by atoms with Gasteiger partial charge < -0.3 is 20.2 Å². The molecule has 2 aromatic heterocycles. The number of hydrogen-bond acceptors (Lipinski definition) is 6. The summed E-state index contributed by atoms with van der Waals surface area (Å²) in [6.45, 7) is 5.74. The van der Waals surface area contributed by atoms with Crippen LogP contribution in [0.5, 0.6) is 0 Å². The molecule has 0 bridgehead atoms. The first-order valence-corrected chi connectivity index (χ1v) is 19.3. The minimum atomic E-state index is -0.402. The summed E-state index contributed by atoms with van der Waals surface area (Å²) in [5, 5.41) is 22.8. The fourth-order valence-corrected chi connectivity index (χ4v) is 7.19. The molecule has 0 saturated carbocycles. The van der Waals surface area contributed by atoms with E-state index in [4.69, 9.17) is 0 Å². The highest BCUT2D eigenvalue weighted by Gasteiger charge is 2.23. The van der Waals surface area contributed by atoms with Gasteiger partial charge in [-0.15, -0.1) is 0 Å². The number of imidazole rings is 2. The third-order valence-corrected chi connectivity index (χ3v) is 9.94. The average molecular weight is 659 g/mol. The largest absolute Gasteiger partial charge is 0.434 e. The smallest absolute Gasteiger partial charge is 0.390 e. The molecule has 10 nitrogen and oxygen atoms in total. The lowest BCUT2D eigenvalue weighted by Gasteiger charge is -2.28. The second kappa shape index (κ2) is 26.2. The Morgan fingerprint density at radius 1 is 0.511 bits per heavy atom. The Morgan fingerprint density at radius 2 is 0.809 bits per heavy atom. The number of nitro groups is 2. The molecule has 0 aromatic carbocycles. The number of unbranched alkanes of at least 4 members (excludes halogenated alkanes) is 17. The number of aromatic nitrogens is 4. The molecule has 2 heterocycles. The summed E-state index contributed by atoms with van der Waals surface area (Å²) >= 11 is 0. The Balaban J connectivity index is 1.92. The van der Waals surface area contributed by atoms with E-state index in [2.05, 4.69) is 23.8 Å². The molecule has 2 atom stereocenters. The summed E-state index contributed by atoms with van der Waals surface area (Å²) in [7, 11) is 0. The lowest BCUT2D eigenvalue weighted by Crippen LogP contribution is -2.18. The summed E-state index contributed by atoms with van der Waals surface area (Å²) in [6, 6.07) is 0. The molecule has 2 aromatic rings. The molecule has 47 heavy (non-hydrogen) atoms. The van der Waals surface area contributed by atoms with Crippen LogP contribution in [-0.4, -0.2) is 28.9 Å². The SMILES string of the molecule is CCCCCCCCCCCCCCCC(CCCn1ccnc1[N+](=O)[O-])C(CCCCCCCC)CCCn1ccnc1[N+](=O)[O-]. The minimum Gasteiger partial charge on any atom is -0.390 e. The highest BCUT2D eigenvalue weighted by Crippen LogP contribution is 2.33. The van der Waals surface area contributed by atoms with Crippen LogP contribution in [0, 0.1) is 32.1 Å². The van der Waals surface area contributed by atoms with Crippen LogP contribution in [0.3, 0.4) is 0 Å². The molecule has 2 unspecified atom stereocenters. The number of rotatable bonds is 32.